The van der Waals surface area contributed by atoms with Crippen molar-refractivity contribution in [3.05, 3.63) is 35.4 Å². The molecule has 1 fully saturated rings. The van der Waals surface area contributed by atoms with Crippen LogP contribution < -0.4 is 10.6 Å². The molecule has 0 saturated carbocycles. The van der Waals surface area contributed by atoms with E-state index < -0.39 is 17.7 Å². The van der Waals surface area contributed by atoms with Gasteiger partial charge in [-0.25, -0.2) is 13.6 Å². The van der Waals surface area contributed by atoms with Gasteiger partial charge in [-0.2, -0.15) is 0 Å². The molecule has 2 atom stereocenters. The van der Waals surface area contributed by atoms with E-state index in [1.807, 2.05) is 0 Å². The SMILES string of the molecule is CC(C)CC(CNC(=O)NC(C)c1ccc(F)c(F)c1)N1CCOCC1. The Balaban J connectivity index is 1.87. The van der Waals surface area contributed by atoms with Crippen molar-refractivity contribution >= 4 is 6.03 Å². The van der Waals surface area contributed by atoms with Crippen LogP contribution in [0.4, 0.5) is 13.6 Å². The first-order chi connectivity index (χ1) is 12.4. The first-order valence-electron chi connectivity index (χ1n) is 9.18. The second-order valence-electron chi connectivity index (χ2n) is 7.18. The fourth-order valence-electron chi connectivity index (χ4n) is 3.17. The van der Waals surface area contributed by atoms with Crippen molar-refractivity contribution in [3.63, 3.8) is 0 Å². The van der Waals surface area contributed by atoms with Gasteiger partial charge in [0, 0.05) is 25.7 Å². The van der Waals surface area contributed by atoms with Gasteiger partial charge in [0.15, 0.2) is 11.6 Å². The molecule has 1 aliphatic rings. The molecule has 146 valence electrons. The Labute approximate surface area is 154 Å². The number of urea groups is 1. The van der Waals surface area contributed by atoms with Gasteiger partial charge in [0.25, 0.3) is 0 Å². The molecule has 0 radical (unpaired) electrons. The third-order valence-electron chi connectivity index (χ3n) is 4.60. The van der Waals surface area contributed by atoms with E-state index in [0.717, 1.165) is 31.6 Å². The van der Waals surface area contributed by atoms with E-state index in [0.29, 0.717) is 31.2 Å². The fourth-order valence-corrected chi connectivity index (χ4v) is 3.17. The van der Waals surface area contributed by atoms with Crippen LogP contribution in [0.15, 0.2) is 18.2 Å². The maximum absolute atomic E-state index is 13.3. The number of amides is 2. The maximum Gasteiger partial charge on any atom is 0.315 e. The summed E-state index contributed by atoms with van der Waals surface area (Å²) in [7, 11) is 0. The molecule has 1 aromatic carbocycles. The zero-order chi connectivity index (χ0) is 19.1. The third-order valence-corrected chi connectivity index (χ3v) is 4.60. The number of ether oxygens (including phenoxy) is 1. The predicted octanol–water partition coefficient (Wildman–Crippen LogP) is 3.07. The minimum Gasteiger partial charge on any atom is -0.379 e. The summed E-state index contributed by atoms with van der Waals surface area (Å²) < 4.78 is 31.8. The molecule has 2 amide bonds. The summed E-state index contributed by atoms with van der Waals surface area (Å²) in [6.07, 6.45) is 0.985. The number of hydrogen-bond acceptors (Lipinski definition) is 3. The molecule has 2 N–H and O–H groups in total. The van der Waals surface area contributed by atoms with Crippen molar-refractivity contribution < 1.29 is 18.3 Å². The molecule has 1 aliphatic heterocycles. The minimum absolute atomic E-state index is 0.253. The standard InChI is InChI=1S/C19H29F2N3O2/c1-13(2)10-16(24-6-8-26-9-7-24)12-22-19(25)23-14(3)15-4-5-17(20)18(21)11-15/h4-5,11,13-14,16H,6-10,12H2,1-3H3,(H2,22,23,25). The Morgan fingerprint density at radius 1 is 1.19 bits per heavy atom. The lowest BCUT2D eigenvalue weighted by Gasteiger charge is -2.35. The van der Waals surface area contributed by atoms with E-state index in [1.54, 1.807) is 6.92 Å². The summed E-state index contributed by atoms with van der Waals surface area (Å²) in [5, 5.41) is 5.68. The summed E-state index contributed by atoms with van der Waals surface area (Å²) in [6.45, 7) is 9.77. The molecule has 1 aromatic rings. The molecule has 2 unspecified atom stereocenters. The first kappa shape index (κ1) is 20.6. The van der Waals surface area contributed by atoms with Crippen molar-refractivity contribution in [1.82, 2.24) is 15.5 Å². The van der Waals surface area contributed by atoms with Gasteiger partial charge in [-0.3, -0.25) is 4.90 Å². The molecule has 1 saturated heterocycles. The van der Waals surface area contributed by atoms with E-state index in [-0.39, 0.29) is 12.1 Å². The van der Waals surface area contributed by atoms with E-state index in [9.17, 15) is 13.6 Å². The smallest absolute Gasteiger partial charge is 0.315 e. The Morgan fingerprint density at radius 2 is 1.88 bits per heavy atom. The number of morpholine rings is 1. The molecule has 0 aromatic heterocycles. The molecule has 0 bridgehead atoms. The second kappa shape index (κ2) is 9.83. The van der Waals surface area contributed by atoms with E-state index in [2.05, 4.69) is 29.4 Å². The number of carbonyl (C=O) groups excluding carboxylic acids is 1. The average Bonchev–Trinajstić information content (AvgIpc) is 2.61. The number of nitrogens with zero attached hydrogens (tertiary/aromatic N) is 1. The van der Waals surface area contributed by atoms with Crippen LogP contribution in [0.3, 0.4) is 0 Å². The Hall–Kier alpha value is -1.73. The highest BCUT2D eigenvalue weighted by Gasteiger charge is 2.22. The topological polar surface area (TPSA) is 53.6 Å². The highest BCUT2D eigenvalue weighted by molar-refractivity contribution is 5.74. The van der Waals surface area contributed by atoms with Crippen LogP contribution in [0, 0.1) is 17.6 Å². The number of hydrogen-bond donors (Lipinski definition) is 2. The van der Waals surface area contributed by atoms with Crippen LogP contribution in [0.1, 0.15) is 38.8 Å². The molecule has 2 rings (SSSR count). The second-order valence-corrected chi connectivity index (χ2v) is 7.18. The molecule has 0 spiro atoms. The van der Waals surface area contributed by atoms with Crippen molar-refractivity contribution in [1.29, 1.82) is 0 Å². The number of benzene rings is 1. The number of nitrogens with one attached hydrogen (secondary N) is 2. The van der Waals surface area contributed by atoms with Crippen LogP contribution >= 0.6 is 0 Å². The summed E-state index contributed by atoms with van der Waals surface area (Å²) in [4.78, 5) is 14.6. The maximum atomic E-state index is 13.3. The monoisotopic (exact) mass is 369 g/mol. The molecular weight excluding hydrogens is 340 g/mol. The quantitative estimate of drug-likeness (QED) is 0.777. The Morgan fingerprint density at radius 3 is 2.50 bits per heavy atom. The van der Waals surface area contributed by atoms with Crippen LogP contribution in [-0.2, 0) is 4.74 Å². The lowest BCUT2D eigenvalue weighted by molar-refractivity contribution is 0.0129. The van der Waals surface area contributed by atoms with E-state index in [1.165, 1.54) is 6.07 Å². The number of rotatable bonds is 7. The summed E-state index contributed by atoms with van der Waals surface area (Å²) in [6, 6.07) is 3.16. The van der Waals surface area contributed by atoms with Gasteiger partial charge < -0.3 is 15.4 Å². The van der Waals surface area contributed by atoms with Gasteiger partial charge in [0.2, 0.25) is 0 Å². The Kier molecular flexibility index (Phi) is 7.78. The summed E-state index contributed by atoms with van der Waals surface area (Å²) in [5.74, 6) is -1.29. The lowest BCUT2D eigenvalue weighted by atomic mass is 10.0. The average molecular weight is 369 g/mol. The van der Waals surface area contributed by atoms with E-state index in [4.69, 9.17) is 4.74 Å². The normalized spacial score (nSPS) is 17.8. The van der Waals surface area contributed by atoms with Gasteiger partial charge in [-0.15, -0.1) is 0 Å². The molecule has 0 aliphatic carbocycles. The van der Waals surface area contributed by atoms with Gasteiger partial charge in [-0.1, -0.05) is 19.9 Å². The number of carbonyl (C=O) groups is 1. The molecule has 1 heterocycles. The van der Waals surface area contributed by atoms with Crippen LogP contribution in [0.2, 0.25) is 0 Å². The Bertz CT molecular complexity index is 592. The summed E-state index contributed by atoms with van der Waals surface area (Å²) >= 11 is 0. The minimum atomic E-state index is -0.916. The van der Waals surface area contributed by atoms with Gasteiger partial charge in [0.05, 0.1) is 19.3 Å². The zero-order valence-corrected chi connectivity index (χ0v) is 15.7. The molecule has 26 heavy (non-hydrogen) atoms. The highest BCUT2D eigenvalue weighted by atomic mass is 19.2. The van der Waals surface area contributed by atoms with Crippen molar-refractivity contribution in [3.8, 4) is 0 Å². The molecule has 7 heteroatoms. The van der Waals surface area contributed by atoms with Crippen LogP contribution in [0.25, 0.3) is 0 Å². The van der Waals surface area contributed by atoms with Crippen molar-refractivity contribution in [2.75, 3.05) is 32.8 Å². The van der Waals surface area contributed by atoms with E-state index >= 15 is 0 Å². The predicted molar refractivity (Wildman–Crippen MR) is 96.9 cm³/mol. The zero-order valence-electron chi connectivity index (χ0n) is 15.7. The van der Waals surface area contributed by atoms with Crippen LogP contribution in [0.5, 0.6) is 0 Å². The van der Waals surface area contributed by atoms with Gasteiger partial charge in [-0.05, 0) is 37.0 Å². The lowest BCUT2D eigenvalue weighted by Crippen LogP contribution is -2.50. The van der Waals surface area contributed by atoms with Crippen molar-refractivity contribution in [2.24, 2.45) is 5.92 Å². The van der Waals surface area contributed by atoms with Gasteiger partial charge >= 0.3 is 6.03 Å². The van der Waals surface area contributed by atoms with Gasteiger partial charge in [0.1, 0.15) is 0 Å². The van der Waals surface area contributed by atoms with Crippen LogP contribution in [-0.4, -0.2) is 49.8 Å². The third kappa shape index (κ3) is 6.21. The van der Waals surface area contributed by atoms with Crippen molar-refractivity contribution in [2.45, 2.75) is 39.3 Å². The fraction of sp³-hybridized carbons (Fsp3) is 0.632. The highest BCUT2D eigenvalue weighted by Crippen LogP contribution is 2.16. The first-order valence-corrected chi connectivity index (χ1v) is 9.18. The molecule has 5 nitrogen and oxygen atoms in total. The molecular formula is C19H29F2N3O2. The number of halogens is 2. The summed E-state index contributed by atoms with van der Waals surface area (Å²) in [5.41, 5.74) is 0.519. The largest absolute Gasteiger partial charge is 0.379 e.